The van der Waals surface area contributed by atoms with Crippen LogP contribution in [0, 0.1) is 0 Å². The van der Waals surface area contributed by atoms with E-state index in [0.717, 1.165) is 29.8 Å². The number of rotatable bonds is 5. The zero-order valence-electron chi connectivity index (χ0n) is 15.4. The summed E-state index contributed by atoms with van der Waals surface area (Å²) < 4.78 is 5.97. The average Bonchev–Trinajstić information content (AvgIpc) is 3.38. The maximum absolute atomic E-state index is 12.8. The minimum Gasteiger partial charge on any atom is -0.489 e. The predicted molar refractivity (Wildman–Crippen MR) is 105 cm³/mol. The van der Waals surface area contributed by atoms with Gasteiger partial charge in [-0.15, -0.1) is 0 Å². The van der Waals surface area contributed by atoms with E-state index < -0.39 is 0 Å². The van der Waals surface area contributed by atoms with E-state index in [1.54, 1.807) is 0 Å². The monoisotopic (exact) mass is 361 g/mol. The lowest BCUT2D eigenvalue weighted by molar-refractivity contribution is 0.0766. The number of aromatic amines is 1. The Morgan fingerprint density at radius 1 is 1.19 bits per heavy atom. The maximum atomic E-state index is 12.8. The number of H-pyrrole nitrogens is 1. The van der Waals surface area contributed by atoms with Gasteiger partial charge in [-0.2, -0.15) is 5.10 Å². The third-order valence-electron chi connectivity index (χ3n) is 4.94. The normalized spacial score (nSPS) is 16.5. The number of carbonyl (C=O) groups is 1. The number of ether oxygens (including phenoxy) is 1. The minimum atomic E-state index is -0.0295. The maximum Gasteiger partial charge on any atom is 0.272 e. The van der Waals surface area contributed by atoms with Crippen molar-refractivity contribution in [2.45, 2.75) is 25.9 Å². The Balaban J connectivity index is 1.40. The van der Waals surface area contributed by atoms with Crippen molar-refractivity contribution in [3.63, 3.8) is 0 Å². The van der Waals surface area contributed by atoms with E-state index in [0.29, 0.717) is 18.8 Å². The lowest BCUT2D eigenvalue weighted by Gasteiger charge is -2.16. The van der Waals surface area contributed by atoms with Crippen LogP contribution in [0.15, 0.2) is 60.7 Å². The fourth-order valence-electron chi connectivity index (χ4n) is 3.36. The molecule has 0 saturated carbocycles. The number of para-hydroxylation sites is 1. The predicted octanol–water partition coefficient (Wildman–Crippen LogP) is 3.93. The second-order valence-electron chi connectivity index (χ2n) is 6.81. The zero-order valence-corrected chi connectivity index (χ0v) is 15.4. The number of carbonyl (C=O) groups excluding carboxylic acids is 1. The van der Waals surface area contributed by atoms with Crippen molar-refractivity contribution in [2.24, 2.45) is 0 Å². The van der Waals surface area contributed by atoms with E-state index in [9.17, 15) is 4.79 Å². The molecule has 1 saturated heterocycles. The molecule has 1 aromatic heterocycles. The van der Waals surface area contributed by atoms with Gasteiger partial charge in [-0.25, -0.2) is 0 Å². The molecule has 5 nitrogen and oxygen atoms in total. The highest BCUT2D eigenvalue weighted by Crippen LogP contribution is 2.22. The molecule has 0 aliphatic carbocycles. The molecular formula is C22H23N3O2. The van der Waals surface area contributed by atoms with Gasteiger partial charge in [0.05, 0.1) is 12.2 Å². The minimum absolute atomic E-state index is 0.0281. The SMILES string of the molecule is CCc1ccc(-c2cc(C(=O)N3CC[C@@H](Oc4ccccc4)C3)[nH]n2)cc1. The van der Waals surface area contributed by atoms with E-state index in [1.165, 1.54) is 5.56 Å². The molecule has 2 aromatic carbocycles. The molecule has 2 heterocycles. The number of aryl methyl sites for hydroxylation is 1. The third-order valence-corrected chi connectivity index (χ3v) is 4.94. The molecule has 0 unspecified atom stereocenters. The molecule has 3 aromatic rings. The number of amides is 1. The molecule has 1 aliphatic rings. The summed E-state index contributed by atoms with van der Waals surface area (Å²) in [6.07, 6.45) is 1.87. The third kappa shape index (κ3) is 3.87. The summed E-state index contributed by atoms with van der Waals surface area (Å²) in [4.78, 5) is 14.6. The smallest absolute Gasteiger partial charge is 0.272 e. The topological polar surface area (TPSA) is 58.2 Å². The van der Waals surface area contributed by atoms with Gasteiger partial charge in [0.15, 0.2) is 0 Å². The highest BCUT2D eigenvalue weighted by atomic mass is 16.5. The lowest BCUT2D eigenvalue weighted by atomic mass is 10.1. The largest absolute Gasteiger partial charge is 0.489 e. The molecule has 1 N–H and O–H groups in total. The highest BCUT2D eigenvalue weighted by Gasteiger charge is 2.29. The van der Waals surface area contributed by atoms with Gasteiger partial charge in [-0.1, -0.05) is 49.4 Å². The molecule has 1 aliphatic heterocycles. The number of hydrogen-bond acceptors (Lipinski definition) is 3. The summed E-state index contributed by atoms with van der Waals surface area (Å²) in [5.41, 5.74) is 3.60. The first kappa shape index (κ1) is 17.3. The van der Waals surface area contributed by atoms with Crippen LogP contribution >= 0.6 is 0 Å². The van der Waals surface area contributed by atoms with E-state index in [4.69, 9.17) is 4.74 Å². The Kier molecular flexibility index (Phi) is 4.92. The van der Waals surface area contributed by atoms with Crippen molar-refractivity contribution in [3.8, 4) is 17.0 Å². The fourth-order valence-corrected chi connectivity index (χ4v) is 3.36. The molecule has 0 bridgehead atoms. The van der Waals surface area contributed by atoms with Crippen LogP contribution in [-0.4, -0.2) is 40.2 Å². The number of likely N-dealkylation sites (tertiary alicyclic amines) is 1. The van der Waals surface area contributed by atoms with Crippen molar-refractivity contribution in [3.05, 3.63) is 71.9 Å². The first-order valence-corrected chi connectivity index (χ1v) is 9.38. The van der Waals surface area contributed by atoms with E-state index >= 15 is 0 Å². The number of nitrogens with zero attached hydrogens (tertiary/aromatic N) is 2. The summed E-state index contributed by atoms with van der Waals surface area (Å²) in [7, 11) is 0. The Labute approximate surface area is 159 Å². The van der Waals surface area contributed by atoms with Crippen molar-refractivity contribution in [2.75, 3.05) is 13.1 Å². The van der Waals surface area contributed by atoms with Crippen molar-refractivity contribution < 1.29 is 9.53 Å². The van der Waals surface area contributed by atoms with Crippen molar-refractivity contribution >= 4 is 5.91 Å². The molecule has 1 fully saturated rings. The Morgan fingerprint density at radius 2 is 1.96 bits per heavy atom. The molecule has 0 radical (unpaired) electrons. The fraction of sp³-hybridized carbons (Fsp3) is 0.273. The Morgan fingerprint density at radius 3 is 2.70 bits per heavy atom. The molecule has 138 valence electrons. The van der Waals surface area contributed by atoms with Crippen LogP contribution in [-0.2, 0) is 6.42 Å². The second-order valence-corrected chi connectivity index (χ2v) is 6.81. The molecular weight excluding hydrogens is 338 g/mol. The number of aromatic nitrogens is 2. The Hall–Kier alpha value is -3.08. The van der Waals surface area contributed by atoms with Gasteiger partial charge in [-0.05, 0) is 30.2 Å². The molecule has 4 rings (SSSR count). The van der Waals surface area contributed by atoms with Crippen LogP contribution in [0.1, 0.15) is 29.4 Å². The molecule has 5 heteroatoms. The van der Waals surface area contributed by atoms with Crippen LogP contribution in [0.4, 0.5) is 0 Å². The average molecular weight is 361 g/mol. The number of nitrogens with one attached hydrogen (secondary N) is 1. The van der Waals surface area contributed by atoms with Gasteiger partial charge in [0.1, 0.15) is 17.5 Å². The van der Waals surface area contributed by atoms with Gasteiger partial charge in [0.25, 0.3) is 5.91 Å². The summed E-state index contributed by atoms with van der Waals surface area (Å²) in [6.45, 7) is 3.41. The van der Waals surface area contributed by atoms with E-state index in [1.807, 2.05) is 53.4 Å². The molecule has 0 spiro atoms. The molecule has 1 atom stereocenters. The summed E-state index contributed by atoms with van der Waals surface area (Å²) in [5.74, 6) is 0.814. The standard InChI is InChI=1S/C22H23N3O2/c1-2-16-8-10-17(11-9-16)20-14-21(24-23-20)22(26)25-13-12-19(15-25)27-18-6-4-3-5-7-18/h3-11,14,19H,2,12-13,15H2,1H3,(H,23,24)/t19-/m1/s1. The summed E-state index contributed by atoms with van der Waals surface area (Å²) in [5, 5.41) is 7.21. The molecule has 1 amide bonds. The number of hydrogen-bond donors (Lipinski definition) is 1. The van der Waals surface area contributed by atoms with Crippen molar-refractivity contribution in [1.82, 2.24) is 15.1 Å². The lowest BCUT2D eigenvalue weighted by Crippen LogP contribution is -2.31. The van der Waals surface area contributed by atoms with Gasteiger partial charge >= 0.3 is 0 Å². The van der Waals surface area contributed by atoms with Gasteiger partial charge in [-0.3, -0.25) is 9.89 Å². The second kappa shape index (κ2) is 7.66. The van der Waals surface area contributed by atoms with Crippen LogP contribution in [0.3, 0.4) is 0 Å². The van der Waals surface area contributed by atoms with Gasteiger partial charge in [0, 0.05) is 18.5 Å². The highest BCUT2D eigenvalue weighted by molar-refractivity contribution is 5.93. The summed E-state index contributed by atoms with van der Waals surface area (Å²) >= 11 is 0. The zero-order chi connectivity index (χ0) is 18.6. The molecule has 27 heavy (non-hydrogen) atoms. The quantitative estimate of drug-likeness (QED) is 0.749. The van der Waals surface area contributed by atoms with Crippen LogP contribution in [0.2, 0.25) is 0 Å². The van der Waals surface area contributed by atoms with Gasteiger partial charge in [0.2, 0.25) is 0 Å². The first-order valence-electron chi connectivity index (χ1n) is 9.38. The van der Waals surface area contributed by atoms with Crippen molar-refractivity contribution in [1.29, 1.82) is 0 Å². The van der Waals surface area contributed by atoms with E-state index in [-0.39, 0.29) is 12.0 Å². The van der Waals surface area contributed by atoms with Crippen LogP contribution < -0.4 is 4.74 Å². The first-order chi connectivity index (χ1) is 13.2. The van der Waals surface area contributed by atoms with E-state index in [2.05, 4.69) is 29.3 Å². The van der Waals surface area contributed by atoms with Crippen LogP contribution in [0.25, 0.3) is 11.3 Å². The van der Waals surface area contributed by atoms with Gasteiger partial charge < -0.3 is 9.64 Å². The Bertz CT molecular complexity index is 903. The summed E-state index contributed by atoms with van der Waals surface area (Å²) in [6, 6.07) is 19.8. The number of benzene rings is 2. The van der Waals surface area contributed by atoms with Crippen LogP contribution in [0.5, 0.6) is 5.75 Å².